The number of hydrogen-bond donors (Lipinski definition) is 1. The summed E-state index contributed by atoms with van der Waals surface area (Å²) in [4.78, 5) is 13.5. The Labute approximate surface area is 163 Å². The second kappa shape index (κ2) is 8.92. The van der Waals surface area contributed by atoms with Gasteiger partial charge in [-0.05, 0) is 61.4 Å². The van der Waals surface area contributed by atoms with Crippen molar-refractivity contribution in [3.8, 4) is 17.6 Å². The molecule has 1 aliphatic rings. The molecule has 0 saturated heterocycles. The zero-order valence-corrected chi connectivity index (χ0v) is 16.5. The van der Waals surface area contributed by atoms with Crippen molar-refractivity contribution < 1.29 is 14.3 Å². The van der Waals surface area contributed by atoms with Gasteiger partial charge in [0.2, 0.25) is 5.91 Å². The molecule has 1 amide bonds. The summed E-state index contributed by atoms with van der Waals surface area (Å²) in [5, 5.41) is 13.1. The Balaban J connectivity index is 1.49. The molecular formula is C21H24N2O3S. The van der Waals surface area contributed by atoms with Crippen LogP contribution in [0.15, 0.2) is 24.3 Å². The molecule has 6 heteroatoms. The number of methoxy groups -OCH3 is 1. The third-order valence-corrected chi connectivity index (χ3v) is 5.92. The van der Waals surface area contributed by atoms with Gasteiger partial charge in [0.15, 0.2) is 0 Å². The Morgan fingerprint density at radius 3 is 2.78 bits per heavy atom. The standard InChI is InChI=1S/C21H24N2O3S/c1-14-5-10-17-18(13-22)21(27-19(17)12-14)23-20(24)4-3-11-26-16-8-6-15(25-2)7-9-16/h6-9,14H,3-5,10-12H2,1-2H3,(H,23,24). The Bertz CT molecular complexity index is 836. The molecule has 5 nitrogen and oxygen atoms in total. The average Bonchev–Trinajstić information content (AvgIpc) is 3.01. The summed E-state index contributed by atoms with van der Waals surface area (Å²) in [6.45, 7) is 2.69. The second-order valence-electron chi connectivity index (χ2n) is 6.84. The van der Waals surface area contributed by atoms with E-state index >= 15 is 0 Å². The van der Waals surface area contributed by atoms with Gasteiger partial charge in [-0.1, -0.05) is 6.92 Å². The van der Waals surface area contributed by atoms with E-state index in [1.54, 1.807) is 18.4 Å². The van der Waals surface area contributed by atoms with Gasteiger partial charge in [-0.25, -0.2) is 0 Å². The smallest absolute Gasteiger partial charge is 0.225 e. The van der Waals surface area contributed by atoms with Gasteiger partial charge in [0.05, 0.1) is 19.3 Å². The molecule has 0 spiro atoms. The first kappa shape index (κ1) is 19.2. The minimum absolute atomic E-state index is 0.0727. The lowest BCUT2D eigenvalue weighted by Gasteiger charge is -2.17. The molecule has 1 N–H and O–H groups in total. The lowest BCUT2D eigenvalue weighted by molar-refractivity contribution is -0.116. The van der Waals surface area contributed by atoms with E-state index in [9.17, 15) is 10.1 Å². The van der Waals surface area contributed by atoms with E-state index in [-0.39, 0.29) is 5.91 Å². The second-order valence-corrected chi connectivity index (χ2v) is 7.95. The molecule has 1 unspecified atom stereocenters. The maximum atomic E-state index is 12.3. The maximum Gasteiger partial charge on any atom is 0.225 e. The Hall–Kier alpha value is -2.52. The van der Waals surface area contributed by atoms with E-state index in [0.717, 1.165) is 36.3 Å². The summed E-state index contributed by atoms with van der Waals surface area (Å²) in [5.41, 5.74) is 1.79. The van der Waals surface area contributed by atoms with Crippen molar-refractivity contribution in [3.05, 3.63) is 40.3 Å². The van der Waals surface area contributed by atoms with Gasteiger partial charge in [-0.15, -0.1) is 11.3 Å². The van der Waals surface area contributed by atoms with Crippen LogP contribution in [0.2, 0.25) is 0 Å². The van der Waals surface area contributed by atoms with E-state index in [4.69, 9.17) is 9.47 Å². The van der Waals surface area contributed by atoms with Crippen LogP contribution in [0.5, 0.6) is 11.5 Å². The van der Waals surface area contributed by atoms with Crippen molar-refractivity contribution in [3.63, 3.8) is 0 Å². The van der Waals surface area contributed by atoms with Crippen molar-refractivity contribution >= 4 is 22.2 Å². The Kier molecular flexibility index (Phi) is 6.36. The van der Waals surface area contributed by atoms with E-state index in [2.05, 4.69) is 18.3 Å². The molecule has 0 bridgehead atoms. The molecule has 1 aromatic heterocycles. The number of amides is 1. The van der Waals surface area contributed by atoms with Gasteiger partial charge in [0, 0.05) is 11.3 Å². The van der Waals surface area contributed by atoms with E-state index in [1.807, 2.05) is 24.3 Å². The first-order valence-electron chi connectivity index (χ1n) is 9.22. The first-order chi connectivity index (χ1) is 13.1. The fraction of sp³-hybridized carbons (Fsp3) is 0.429. The number of nitrogens with zero attached hydrogens (tertiary/aromatic N) is 1. The molecule has 2 aromatic rings. The van der Waals surface area contributed by atoms with Gasteiger partial charge in [0.25, 0.3) is 0 Å². The van der Waals surface area contributed by atoms with Crippen LogP contribution in [-0.4, -0.2) is 19.6 Å². The number of ether oxygens (including phenoxy) is 2. The van der Waals surface area contributed by atoms with E-state index in [1.165, 1.54) is 4.88 Å². The van der Waals surface area contributed by atoms with Crippen molar-refractivity contribution in [2.24, 2.45) is 5.92 Å². The third kappa shape index (κ3) is 4.81. The summed E-state index contributed by atoms with van der Waals surface area (Å²) in [6.07, 6.45) is 4.01. The monoisotopic (exact) mass is 384 g/mol. The fourth-order valence-corrected chi connectivity index (χ4v) is 4.62. The van der Waals surface area contributed by atoms with Crippen LogP contribution < -0.4 is 14.8 Å². The summed E-state index contributed by atoms with van der Waals surface area (Å²) >= 11 is 1.56. The zero-order valence-electron chi connectivity index (χ0n) is 15.7. The number of rotatable bonds is 7. The van der Waals surface area contributed by atoms with Crippen molar-refractivity contribution in [1.82, 2.24) is 0 Å². The van der Waals surface area contributed by atoms with Crippen molar-refractivity contribution in [2.75, 3.05) is 19.0 Å². The number of anilines is 1. The van der Waals surface area contributed by atoms with Crippen molar-refractivity contribution in [1.29, 1.82) is 5.26 Å². The minimum Gasteiger partial charge on any atom is -0.497 e. The molecule has 3 rings (SSSR count). The quantitative estimate of drug-likeness (QED) is 0.711. The molecule has 0 radical (unpaired) electrons. The van der Waals surface area contributed by atoms with Crippen LogP contribution in [0.4, 0.5) is 5.00 Å². The molecule has 1 atom stereocenters. The summed E-state index contributed by atoms with van der Waals surface area (Å²) in [5.74, 6) is 2.10. The highest BCUT2D eigenvalue weighted by molar-refractivity contribution is 7.16. The summed E-state index contributed by atoms with van der Waals surface area (Å²) in [6, 6.07) is 9.64. The number of thiophene rings is 1. The topological polar surface area (TPSA) is 71.3 Å². The number of nitrogens with one attached hydrogen (secondary N) is 1. The number of benzene rings is 1. The van der Waals surface area contributed by atoms with E-state index in [0.29, 0.717) is 35.9 Å². The number of carbonyl (C=O) groups is 1. The van der Waals surface area contributed by atoms with Crippen LogP contribution in [0.1, 0.15) is 42.2 Å². The third-order valence-electron chi connectivity index (χ3n) is 4.75. The maximum absolute atomic E-state index is 12.3. The van der Waals surface area contributed by atoms with Gasteiger partial charge in [0.1, 0.15) is 22.6 Å². The summed E-state index contributed by atoms with van der Waals surface area (Å²) in [7, 11) is 1.62. The SMILES string of the molecule is COc1ccc(OCCCC(=O)Nc2sc3c(c2C#N)CCC(C)C3)cc1. The minimum atomic E-state index is -0.0727. The normalized spacial score (nSPS) is 15.5. The van der Waals surface area contributed by atoms with E-state index < -0.39 is 0 Å². The highest BCUT2D eigenvalue weighted by Gasteiger charge is 2.24. The van der Waals surface area contributed by atoms with Crippen LogP contribution >= 0.6 is 11.3 Å². The number of carbonyl (C=O) groups excluding carboxylic acids is 1. The number of nitriles is 1. The first-order valence-corrected chi connectivity index (χ1v) is 10.0. The van der Waals surface area contributed by atoms with Crippen LogP contribution in [0.3, 0.4) is 0 Å². The molecule has 142 valence electrons. The molecule has 1 aromatic carbocycles. The molecule has 1 aliphatic carbocycles. The predicted octanol–water partition coefficient (Wildman–Crippen LogP) is 4.55. The molecule has 0 saturated carbocycles. The fourth-order valence-electron chi connectivity index (χ4n) is 3.24. The zero-order chi connectivity index (χ0) is 19.2. The molecule has 1 heterocycles. The molecule has 27 heavy (non-hydrogen) atoms. The van der Waals surface area contributed by atoms with Gasteiger partial charge < -0.3 is 14.8 Å². The molecule has 0 aliphatic heterocycles. The van der Waals surface area contributed by atoms with Crippen LogP contribution in [0.25, 0.3) is 0 Å². The van der Waals surface area contributed by atoms with Gasteiger partial charge in [-0.2, -0.15) is 5.26 Å². The largest absolute Gasteiger partial charge is 0.497 e. The Morgan fingerprint density at radius 1 is 1.33 bits per heavy atom. The lowest BCUT2D eigenvalue weighted by atomic mass is 9.89. The van der Waals surface area contributed by atoms with Crippen molar-refractivity contribution in [2.45, 2.75) is 39.0 Å². The lowest BCUT2D eigenvalue weighted by Crippen LogP contribution is -2.13. The molecular weight excluding hydrogens is 360 g/mol. The van der Waals surface area contributed by atoms with Crippen LogP contribution in [0, 0.1) is 17.2 Å². The average molecular weight is 385 g/mol. The number of fused-ring (bicyclic) bond motifs is 1. The predicted molar refractivity (Wildman–Crippen MR) is 107 cm³/mol. The van der Waals surface area contributed by atoms with Crippen LogP contribution in [-0.2, 0) is 17.6 Å². The highest BCUT2D eigenvalue weighted by Crippen LogP contribution is 2.39. The number of hydrogen-bond acceptors (Lipinski definition) is 5. The highest BCUT2D eigenvalue weighted by atomic mass is 32.1. The Morgan fingerprint density at radius 2 is 2.07 bits per heavy atom. The molecule has 0 fully saturated rings. The summed E-state index contributed by atoms with van der Waals surface area (Å²) < 4.78 is 10.8. The van der Waals surface area contributed by atoms with Gasteiger partial charge >= 0.3 is 0 Å². The van der Waals surface area contributed by atoms with Gasteiger partial charge in [-0.3, -0.25) is 4.79 Å².